The summed E-state index contributed by atoms with van der Waals surface area (Å²) in [6.45, 7) is 2.10. The summed E-state index contributed by atoms with van der Waals surface area (Å²) in [4.78, 5) is 4.59. The Balaban J connectivity index is 2.14. The molecule has 0 spiro atoms. The summed E-state index contributed by atoms with van der Waals surface area (Å²) in [7, 11) is 0. The summed E-state index contributed by atoms with van der Waals surface area (Å²) in [5, 5.41) is 0. The molecule has 1 aromatic carbocycles. The van der Waals surface area contributed by atoms with Crippen molar-refractivity contribution in [3.05, 3.63) is 39.0 Å². The molecule has 0 unspecified atom stereocenters. The Morgan fingerprint density at radius 2 is 1.88 bits per heavy atom. The van der Waals surface area contributed by atoms with Crippen LogP contribution in [0.25, 0.3) is 0 Å². The molecule has 0 heterocycles. The van der Waals surface area contributed by atoms with E-state index in [1.807, 2.05) is 0 Å². The molecule has 0 aliphatic heterocycles. The molecule has 0 atom stereocenters. The Hall–Kier alpha value is -0.100. The first-order valence-electron chi connectivity index (χ1n) is 5.91. The molecule has 0 amide bonds. The number of benzene rings is 1. The van der Waals surface area contributed by atoms with E-state index in [2.05, 4.69) is 55.2 Å². The number of nitrogens with zero attached hydrogens (tertiary/aromatic N) is 1. The molecule has 0 fully saturated rings. The molecule has 0 radical (unpaired) electrons. The number of hydrogen-bond acceptors (Lipinski definition) is 1. The quantitative estimate of drug-likeness (QED) is 0.517. The van der Waals surface area contributed by atoms with Gasteiger partial charge in [-0.25, -0.2) is 0 Å². The first kappa shape index (κ1) is 13.3. The zero-order valence-electron chi connectivity index (χ0n) is 9.95. The van der Waals surface area contributed by atoms with Crippen LogP contribution in [0.1, 0.15) is 31.2 Å². The second kappa shape index (κ2) is 6.73. The van der Waals surface area contributed by atoms with Crippen LogP contribution in [0.4, 0.5) is 5.69 Å². The van der Waals surface area contributed by atoms with E-state index in [1.165, 1.54) is 36.8 Å². The standard InChI is InChI=1S/C14H16BrNTe/c1-11-6-8-13(9-7-11)16-10-12-4-2-3-5-14(12)17-15/h6-10H,2-5H2,1H3. The van der Waals surface area contributed by atoms with E-state index in [4.69, 9.17) is 0 Å². The second-order valence-electron chi connectivity index (χ2n) is 4.33. The van der Waals surface area contributed by atoms with E-state index in [0.717, 1.165) is 5.69 Å². The normalized spacial score (nSPS) is 16.8. The number of halogens is 1. The summed E-state index contributed by atoms with van der Waals surface area (Å²) >= 11 is 3.59. The van der Waals surface area contributed by atoms with Gasteiger partial charge in [-0.3, -0.25) is 0 Å². The van der Waals surface area contributed by atoms with Crippen molar-refractivity contribution in [2.45, 2.75) is 32.6 Å². The third-order valence-electron chi connectivity index (χ3n) is 2.95. The molecule has 3 heteroatoms. The van der Waals surface area contributed by atoms with Crippen molar-refractivity contribution >= 4 is 43.4 Å². The molecule has 1 nitrogen and oxygen atoms in total. The van der Waals surface area contributed by atoms with Gasteiger partial charge in [0.05, 0.1) is 0 Å². The average Bonchev–Trinajstić information content (AvgIpc) is 2.38. The van der Waals surface area contributed by atoms with Gasteiger partial charge in [-0.15, -0.1) is 0 Å². The first-order chi connectivity index (χ1) is 8.29. The van der Waals surface area contributed by atoms with Crippen molar-refractivity contribution in [3.63, 3.8) is 0 Å². The predicted molar refractivity (Wildman–Crippen MR) is 79.5 cm³/mol. The van der Waals surface area contributed by atoms with Gasteiger partial charge in [0, 0.05) is 0 Å². The molecule has 1 aromatic rings. The third kappa shape index (κ3) is 3.95. The van der Waals surface area contributed by atoms with Crippen LogP contribution in [-0.2, 0) is 0 Å². The summed E-state index contributed by atoms with van der Waals surface area (Å²) in [6.07, 6.45) is 7.25. The van der Waals surface area contributed by atoms with Crippen molar-refractivity contribution in [2.24, 2.45) is 4.99 Å². The second-order valence-corrected chi connectivity index (χ2v) is 8.35. The Morgan fingerprint density at radius 1 is 1.18 bits per heavy atom. The number of aryl methyl sites for hydroxylation is 1. The van der Waals surface area contributed by atoms with Crippen molar-refractivity contribution in [1.29, 1.82) is 0 Å². The molecule has 0 aromatic heterocycles. The average molecular weight is 406 g/mol. The fraction of sp³-hybridized carbons (Fsp3) is 0.357. The zero-order chi connectivity index (χ0) is 12.1. The number of allylic oxidation sites excluding steroid dienone is 2. The van der Waals surface area contributed by atoms with E-state index in [0.29, 0.717) is 0 Å². The van der Waals surface area contributed by atoms with Gasteiger partial charge in [-0.2, -0.15) is 0 Å². The van der Waals surface area contributed by atoms with Crippen molar-refractivity contribution in [2.75, 3.05) is 0 Å². The monoisotopic (exact) mass is 407 g/mol. The van der Waals surface area contributed by atoms with E-state index in [9.17, 15) is 0 Å². The van der Waals surface area contributed by atoms with E-state index >= 15 is 0 Å². The van der Waals surface area contributed by atoms with Gasteiger partial charge in [-0.05, 0) is 0 Å². The number of rotatable bonds is 3. The molecule has 1 aliphatic carbocycles. The van der Waals surface area contributed by atoms with Gasteiger partial charge < -0.3 is 0 Å². The van der Waals surface area contributed by atoms with Crippen LogP contribution in [0.3, 0.4) is 0 Å². The van der Waals surface area contributed by atoms with Crippen LogP contribution in [0, 0.1) is 6.92 Å². The molecule has 0 bridgehead atoms. The molecule has 0 saturated carbocycles. The minimum atomic E-state index is -0.110. The van der Waals surface area contributed by atoms with Gasteiger partial charge in [0.2, 0.25) is 0 Å². The fourth-order valence-corrected chi connectivity index (χ4v) is 5.75. The molecule has 0 N–H and O–H groups in total. The van der Waals surface area contributed by atoms with Crippen LogP contribution in [0.5, 0.6) is 0 Å². The van der Waals surface area contributed by atoms with Gasteiger partial charge >= 0.3 is 120 Å². The SMILES string of the molecule is Cc1ccc(N=CC2=C([Te]Br)CCCC2)cc1. The van der Waals surface area contributed by atoms with Crippen LogP contribution in [-0.4, -0.2) is 24.9 Å². The Kier molecular flexibility index (Phi) is 5.28. The molecule has 2 rings (SSSR count). The van der Waals surface area contributed by atoms with E-state index in [1.54, 1.807) is 3.62 Å². The molecule has 1 aliphatic rings. The van der Waals surface area contributed by atoms with Crippen LogP contribution >= 0.6 is 12.8 Å². The Morgan fingerprint density at radius 3 is 2.59 bits per heavy atom. The fourth-order valence-electron chi connectivity index (χ4n) is 1.91. The summed E-state index contributed by atoms with van der Waals surface area (Å²) in [6, 6.07) is 8.39. The van der Waals surface area contributed by atoms with Crippen LogP contribution < -0.4 is 0 Å². The topological polar surface area (TPSA) is 12.4 Å². The third-order valence-corrected chi connectivity index (χ3v) is 7.44. The van der Waals surface area contributed by atoms with Crippen LogP contribution in [0.15, 0.2) is 38.5 Å². The van der Waals surface area contributed by atoms with E-state index in [-0.39, 0.29) is 18.7 Å². The summed E-state index contributed by atoms with van der Waals surface area (Å²) in [5.41, 5.74) is 3.83. The maximum absolute atomic E-state index is 4.59. The van der Waals surface area contributed by atoms with Crippen molar-refractivity contribution < 1.29 is 0 Å². The molecule has 17 heavy (non-hydrogen) atoms. The molecule has 0 saturated heterocycles. The zero-order valence-corrected chi connectivity index (χ0v) is 13.9. The molecular weight excluding hydrogens is 390 g/mol. The van der Waals surface area contributed by atoms with Gasteiger partial charge in [-0.1, -0.05) is 0 Å². The molecule has 90 valence electrons. The minimum absolute atomic E-state index is 0.110. The molecular formula is C14H16BrNTe. The van der Waals surface area contributed by atoms with Crippen molar-refractivity contribution in [3.8, 4) is 0 Å². The summed E-state index contributed by atoms with van der Waals surface area (Å²) < 4.78 is 1.65. The first-order valence-corrected chi connectivity index (χ1v) is 12.3. The Labute approximate surface area is 119 Å². The maximum atomic E-state index is 4.59. The number of hydrogen-bond donors (Lipinski definition) is 0. The van der Waals surface area contributed by atoms with Gasteiger partial charge in [0.1, 0.15) is 0 Å². The van der Waals surface area contributed by atoms with Gasteiger partial charge in [0.15, 0.2) is 0 Å². The number of aliphatic imine (C=N–C) groups is 1. The van der Waals surface area contributed by atoms with Crippen LogP contribution in [0.2, 0.25) is 0 Å². The summed E-state index contributed by atoms with van der Waals surface area (Å²) in [5.74, 6) is 0. The van der Waals surface area contributed by atoms with Gasteiger partial charge in [0.25, 0.3) is 0 Å². The Bertz CT molecular complexity index is 434. The van der Waals surface area contributed by atoms with E-state index < -0.39 is 0 Å². The predicted octanol–water partition coefficient (Wildman–Crippen LogP) is 4.54. The van der Waals surface area contributed by atoms with Crippen molar-refractivity contribution in [1.82, 2.24) is 0 Å².